The Morgan fingerprint density at radius 3 is 2.56 bits per heavy atom. The van der Waals surface area contributed by atoms with E-state index in [1.807, 2.05) is 12.1 Å². The molecule has 1 atom stereocenters. The summed E-state index contributed by atoms with van der Waals surface area (Å²) in [7, 11) is 0. The molecular weight excluding hydrogens is 269 g/mol. The highest BCUT2D eigenvalue weighted by atomic mass is 35.5. The summed E-state index contributed by atoms with van der Waals surface area (Å²) in [5.74, 6) is 2.82. The van der Waals surface area contributed by atoms with Gasteiger partial charge in [-0.3, -0.25) is 4.79 Å². The molecule has 1 aromatic carbocycles. The average molecular weight is 282 g/mol. The molecule has 4 heteroatoms. The van der Waals surface area contributed by atoms with Crippen LogP contribution in [0.25, 0.3) is 0 Å². The number of likely N-dealkylation sites (tertiary alicyclic amines) is 1. The Hall–Kier alpha value is -1.17. The SMILES string of the molecule is C#CC1CC(=O)N(CCc2cc(Cl)cc(Cl)c2)C1. The number of carbonyl (C=O) groups excluding carboxylic acids is 1. The van der Waals surface area contributed by atoms with Crippen molar-refractivity contribution in [2.75, 3.05) is 13.1 Å². The summed E-state index contributed by atoms with van der Waals surface area (Å²) in [5.41, 5.74) is 1.03. The van der Waals surface area contributed by atoms with Gasteiger partial charge < -0.3 is 4.90 Å². The summed E-state index contributed by atoms with van der Waals surface area (Å²) in [6, 6.07) is 5.43. The first-order valence-corrected chi connectivity index (χ1v) is 6.53. The van der Waals surface area contributed by atoms with E-state index in [-0.39, 0.29) is 11.8 Å². The Labute approximate surface area is 117 Å². The van der Waals surface area contributed by atoms with Gasteiger partial charge in [0.15, 0.2) is 0 Å². The third-order valence-corrected chi connectivity index (χ3v) is 3.48. The topological polar surface area (TPSA) is 20.3 Å². The lowest BCUT2D eigenvalue weighted by Crippen LogP contribution is -2.27. The molecule has 2 nitrogen and oxygen atoms in total. The summed E-state index contributed by atoms with van der Waals surface area (Å²) in [5, 5.41) is 1.23. The maximum atomic E-state index is 11.7. The zero-order chi connectivity index (χ0) is 13.1. The monoisotopic (exact) mass is 281 g/mol. The largest absolute Gasteiger partial charge is 0.341 e. The zero-order valence-electron chi connectivity index (χ0n) is 9.83. The third-order valence-electron chi connectivity index (χ3n) is 3.04. The predicted octanol–water partition coefficient (Wildman–Crippen LogP) is 3.02. The van der Waals surface area contributed by atoms with Crippen molar-refractivity contribution in [2.24, 2.45) is 5.92 Å². The second kappa shape index (κ2) is 5.65. The molecule has 2 rings (SSSR count). The van der Waals surface area contributed by atoms with Crippen LogP contribution < -0.4 is 0 Å². The number of halogens is 2. The molecule has 0 aliphatic carbocycles. The van der Waals surface area contributed by atoms with Crippen molar-refractivity contribution >= 4 is 29.1 Å². The van der Waals surface area contributed by atoms with Gasteiger partial charge in [-0.25, -0.2) is 0 Å². The van der Waals surface area contributed by atoms with Gasteiger partial charge in [-0.05, 0) is 30.2 Å². The summed E-state index contributed by atoms with van der Waals surface area (Å²) in [4.78, 5) is 13.5. The highest BCUT2D eigenvalue weighted by molar-refractivity contribution is 6.34. The molecule has 1 heterocycles. The fourth-order valence-corrected chi connectivity index (χ4v) is 2.69. The van der Waals surface area contributed by atoms with E-state index in [1.54, 1.807) is 11.0 Å². The fourth-order valence-electron chi connectivity index (χ4n) is 2.12. The van der Waals surface area contributed by atoms with E-state index in [2.05, 4.69) is 5.92 Å². The minimum Gasteiger partial charge on any atom is -0.341 e. The van der Waals surface area contributed by atoms with Crippen LogP contribution in [-0.2, 0) is 11.2 Å². The van der Waals surface area contributed by atoms with Crippen molar-refractivity contribution < 1.29 is 4.79 Å². The molecular formula is C14H13Cl2NO. The molecule has 1 aliphatic heterocycles. The summed E-state index contributed by atoms with van der Waals surface area (Å²) >= 11 is 11.9. The van der Waals surface area contributed by atoms with Gasteiger partial charge in [0, 0.05) is 35.5 Å². The molecule has 0 N–H and O–H groups in total. The highest BCUT2D eigenvalue weighted by Crippen LogP contribution is 2.21. The number of terminal acetylenes is 1. The minimum absolute atomic E-state index is 0.0560. The lowest BCUT2D eigenvalue weighted by atomic mass is 10.1. The van der Waals surface area contributed by atoms with Crippen LogP contribution >= 0.6 is 23.2 Å². The van der Waals surface area contributed by atoms with Crippen LogP contribution in [0.5, 0.6) is 0 Å². The maximum Gasteiger partial charge on any atom is 0.223 e. The molecule has 0 saturated carbocycles. The summed E-state index contributed by atoms with van der Waals surface area (Å²) < 4.78 is 0. The van der Waals surface area contributed by atoms with Crippen LogP contribution in [0.15, 0.2) is 18.2 Å². The van der Waals surface area contributed by atoms with Gasteiger partial charge in [0.2, 0.25) is 5.91 Å². The van der Waals surface area contributed by atoms with Crippen molar-refractivity contribution in [3.8, 4) is 12.3 Å². The van der Waals surface area contributed by atoms with Crippen molar-refractivity contribution in [2.45, 2.75) is 12.8 Å². The summed E-state index contributed by atoms with van der Waals surface area (Å²) in [6.07, 6.45) is 6.55. The molecule has 1 amide bonds. The third kappa shape index (κ3) is 3.19. The zero-order valence-corrected chi connectivity index (χ0v) is 11.3. The molecule has 1 saturated heterocycles. The van der Waals surface area contributed by atoms with Gasteiger partial charge >= 0.3 is 0 Å². The summed E-state index contributed by atoms with van der Waals surface area (Å²) in [6.45, 7) is 1.32. The number of nitrogens with zero attached hydrogens (tertiary/aromatic N) is 1. The van der Waals surface area contributed by atoms with Crippen LogP contribution in [-0.4, -0.2) is 23.9 Å². The van der Waals surface area contributed by atoms with E-state index in [9.17, 15) is 4.79 Å². The molecule has 1 aliphatic rings. The van der Waals surface area contributed by atoms with E-state index in [0.29, 0.717) is 29.6 Å². The van der Waals surface area contributed by atoms with Gasteiger partial charge in [-0.1, -0.05) is 23.2 Å². The second-order valence-electron chi connectivity index (χ2n) is 4.44. The van der Waals surface area contributed by atoms with E-state index in [4.69, 9.17) is 29.6 Å². The lowest BCUT2D eigenvalue weighted by Gasteiger charge is -2.15. The average Bonchev–Trinajstić information content (AvgIpc) is 2.66. The number of benzene rings is 1. The van der Waals surface area contributed by atoms with Gasteiger partial charge in [-0.15, -0.1) is 12.3 Å². The smallest absolute Gasteiger partial charge is 0.223 e. The van der Waals surface area contributed by atoms with Crippen molar-refractivity contribution in [1.82, 2.24) is 4.90 Å². The van der Waals surface area contributed by atoms with Crippen LogP contribution in [0, 0.1) is 18.3 Å². The Morgan fingerprint density at radius 1 is 1.33 bits per heavy atom. The van der Waals surface area contributed by atoms with Crippen molar-refractivity contribution in [3.63, 3.8) is 0 Å². The standard InChI is InChI=1S/C14H13Cl2NO/c1-2-10-7-14(18)17(9-10)4-3-11-5-12(15)8-13(16)6-11/h1,5-6,8,10H,3-4,7,9H2. The molecule has 1 aromatic rings. The number of amides is 1. The van der Waals surface area contributed by atoms with Crippen molar-refractivity contribution in [1.29, 1.82) is 0 Å². The Bertz CT molecular complexity index is 487. The van der Waals surface area contributed by atoms with E-state index >= 15 is 0 Å². The molecule has 0 spiro atoms. The van der Waals surface area contributed by atoms with Gasteiger partial charge in [-0.2, -0.15) is 0 Å². The van der Waals surface area contributed by atoms with E-state index < -0.39 is 0 Å². The number of rotatable bonds is 3. The first-order valence-electron chi connectivity index (χ1n) is 5.77. The van der Waals surface area contributed by atoms with E-state index in [1.165, 1.54) is 0 Å². The number of carbonyl (C=O) groups is 1. The molecule has 94 valence electrons. The molecule has 18 heavy (non-hydrogen) atoms. The first-order chi connectivity index (χ1) is 8.58. The predicted molar refractivity (Wildman–Crippen MR) is 73.7 cm³/mol. The molecule has 0 radical (unpaired) electrons. The quantitative estimate of drug-likeness (QED) is 0.780. The molecule has 1 fully saturated rings. The molecule has 1 unspecified atom stereocenters. The van der Waals surface area contributed by atoms with Crippen molar-refractivity contribution in [3.05, 3.63) is 33.8 Å². The minimum atomic E-state index is 0.0560. The molecule has 0 bridgehead atoms. The van der Waals surface area contributed by atoms with Crippen LogP contribution in [0.1, 0.15) is 12.0 Å². The Kier molecular flexibility index (Phi) is 4.16. The lowest BCUT2D eigenvalue weighted by molar-refractivity contribution is -0.127. The van der Waals surface area contributed by atoms with Crippen LogP contribution in [0.4, 0.5) is 0 Å². The van der Waals surface area contributed by atoms with Crippen LogP contribution in [0.2, 0.25) is 10.0 Å². The first kappa shape index (κ1) is 13.3. The Balaban J connectivity index is 1.96. The van der Waals surface area contributed by atoms with Gasteiger partial charge in [0.05, 0.1) is 0 Å². The maximum absolute atomic E-state index is 11.7. The van der Waals surface area contributed by atoms with Gasteiger partial charge in [0.25, 0.3) is 0 Å². The van der Waals surface area contributed by atoms with Gasteiger partial charge in [0.1, 0.15) is 0 Å². The number of hydrogen-bond donors (Lipinski definition) is 0. The fraction of sp³-hybridized carbons (Fsp3) is 0.357. The normalized spacial score (nSPS) is 19.1. The molecule has 0 aromatic heterocycles. The van der Waals surface area contributed by atoms with Crippen LogP contribution in [0.3, 0.4) is 0 Å². The number of hydrogen-bond acceptors (Lipinski definition) is 1. The Morgan fingerprint density at radius 2 is 2.00 bits per heavy atom. The van der Waals surface area contributed by atoms with E-state index in [0.717, 1.165) is 12.0 Å². The second-order valence-corrected chi connectivity index (χ2v) is 5.31. The highest BCUT2D eigenvalue weighted by Gasteiger charge is 2.27.